The third-order valence-electron chi connectivity index (χ3n) is 2.68. The van der Waals surface area contributed by atoms with Crippen LogP contribution in [-0.4, -0.2) is 50.1 Å². The molecule has 1 saturated heterocycles. The lowest BCUT2D eigenvalue weighted by Gasteiger charge is -2.33. The molecule has 4 heteroatoms. The molecule has 0 aliphatic carbocycles. The summed E-state index contributed by atoms with van der Waals surface area (Å²) in [4.78, 5) is 13.1. The highest BCUT2D eigenvalue weighted by Crippen LogP contribution is 2.04. The minimum Gasteiger partial charge on any atom is -0.340 e. The summed E-state index contributed by atoms with van der Waals surface area (Å²) in [6.07, 6.45) is 2.31. The summed E-state index contributed by atoms with van der Waals surface area (Å²) in [5, 5.41) is 6.57. The number of hydrogen-bond donors (Lipinski definition) is 2. The zero-order chi connectivity index (χ0) is 10.4. The number of nitrogens with zero attached hydrogens (tertiary/aromatic N) is 1. The second kappa shape index (κ2) is 5.98. The molecule has 0 radical (unpaired) electrons. The Balaban J connectivity index is 2.22. The molecule has 14 heavy (non-hydrogen) atoms. The lowest BCUT2D eigenvalue weighted by atomic mass is 10.1. The normalized spacial score (nSPS) is 22.4. The second-order valence-corrected chi connectivity index (χ2v) is 3.86. The van der Waals surface area contributed by atoms with E-state index in [-0.39, 0.29) is 5.91 Å². The van der Waals surface area contributed by atoms with Crippen LogP contribution in [0.15, 0.2) is 0 Å². The van der Waals surface area contributed by atoms with Crippen LogP contribution < -0.4 is 10.6 Å². The van der Waals surface area contributed by atoms with Crippen LogP contribution in [0.3, 0.4) is 0 Å². The second-order valence-electron chi connectivity index (χ2n) is 3.86. The van der Waals surface area contributed by atoms with Crippen molar-refractivity contribution in [3.8, 4) is 0 Å². The van der Waals surface area contributed by atoms with Gasteiger partial charge in [0.05, 0.1) is 0 Å². The van der Waals surface area contributed by atoms with Crippen molar-refractivity contribution in [3.05, 3.63) is 0 Å². The maximum absolute atomic E-state index is 11.2. The predicted octanol–water partition coefficient (Wildman–Crippen LogP) is -0.194. The molecule has 0 bridgehead atoms. The lowest BCUT2D eigenvalue weighted by molar-refractivity contribution is -0.130. The fraction of sp³-hybridized carbons (Fsp3) is 0.900. The summed E-state index contributed by atoms with van der Waals surface area (Å²) < 4.78 is 0. The monoisotopic (exact) mass is 199 g/mol. The Bertz CT molecular complexity index is 184. The van der Waals surface area contributed by atoms with Crippen molar-refractivity contribution in [2.24, 2.45) is 0 Å². The number of carbonyl (C=O) groups excluding carboxylic acids is 1. The van der Waals surface area contributed by atoms with Crippen LogP contribution in [0.25, 0.3) is 0 Å². The Hall–Kier alpha value is -0.610. The first-order valence-electron chi connectivity index (χ1n) is 5.37. The van der Waals surface area contributed by atoms with E-state index in [1.807, 2.05) is 11.9 Å². The number of hydrogen-bond acceptors (Lipinski definition) is 3. The highest BCUT2D eigenvalue weighted by molar-refractivity contribution is 5.73. The van der Waals surface area contributed by atoms with Gasteiger partial charge in [0.1, 0.15) is 0 Å². The van der Waals surface area contributed by atoms with Crippen molar-refractivity contribution in [1.82, 2.24) is 15.5 Å². The maximum atomic E-state index is 11.2. The van der Waals surface area contributed by atoms with Gasteiger partial charge in [0.2, 0.25) is 5.91 Å². The van der Waals surface area contributed by atoms with Crippen LogP contribution in [0.5, 0.6) is 0 Å². The van der Waals surface area contributed by atoms with Gasteiger partial charge < -0.3 is 15.5 Å². The fourth-order valence-electron chi connectivity index (χ4n) is 1.83. The number of nitrogens with one attached hydrogen (secondary N) is 2. The van der Waals surface area contributed by atoms with Crippen molar-refractivity contribution in [2.75, 3.05) is 33.2 Å². The van der Waals surface area contributed by atoms with Crippen molar-refractivity contribution < 1.29 is 4.79 Å². The summed E-state index contributed by atoms with van der Waals surface area (Å²) in [5.74, 6) is 0.199. The lowest BCUT2D eigenvalue weighted by Crippen LogP contribution is -2.52. The maximum Gasteiger partial charge on any atom is 0.219 e. The van der Waals surface area contributed by atoms with Gasteiger partial charge in [-0.05, 0) is 26.4 Å². The molecular formula is C10H21N3O. The SMILES string of the molecule is CNCCCC1CN(C(C)=O)CCN1. The Morgan fingerprint density at radius 2 is 2.43 bits per heavy atom. The predicted molar refractivity (Wildman–Crippen MR) is 57.2 cm³/mol. The van der Waals surface area contributed by atoms with E-state index in [2.05, 4.69) is 10.6 Å². The van der Waals surface area contributed by atoms with E-state index in [0.29, 0.717) is 6.04 Å². The van der Waals surface area contributed by atoms with Crippen molar-refractivity contribution in [3.63, 3.8) is 0 Å². The van der Waals surface area contributed by atoms with E-state index < -0.39 is 0 Å². The minimum absolute atomic E-state index is 0.199. The molecule has 2 N–H and O–H groups in total. The molecule has 0 saturated carbocycles. The number of rotatable bonds is 4. The number of carbonyl (C=O) groups is 1. The summed E-state index contributed by atoms with van der Waals surface area (Å²) in [6, 6.07) is 0.487. The molecule has 82 valence electrons. The Morgan fingerprint density at radius 3 is 3.07 bits per heavy atom. The molecule has 1 fully saturated rings. The average molecular weight is 199 g/mol. The first-order chi connectivity index (χ1) is 6.74. The molecule has 0 spiro atoms. The average Bonchev–Trinajstić information content (AvgIpc) is 2.19. The van der Waals surface area contributed by atoms with Gasteiger partial charge in [0, 0.05) is 32.6 Å². The van der Waals surface area contributed by atoms with E-state index in [9.17, 15) is 4.79 Å². The standard InChI is InChI=1S/C10H21N3O/c1-9(14)13-7-6-12-10(8-13)4-3-5-11-2/h10-12H,3-8H2,1-2H3. The Morgan fingerprint density at radius 1 is 1.64 bits per heavy atom. The number of piperazine rings is 1. The highest BCUT2D eigenvalue weighted by Gasteiger charge is 2.19. The molecule has 0 aromatic carbocycles. The number of amides is 1. The molecule has 1 amide bonds. The van der Waals surface area contributed by atoms with Crippen LogP contribution >= 0.6 is 0 Å². The van der Waals surface area contributed by atoms with Crippen LogP contribution in [0.4, 0.5) is 0 Å². The topological polar surface area (TPSA) is 44.4 Å². The molecule has 0 aromatic heterocycles. The third kappa shape index (κ3) is 3.64. The molecule has 1 aliphatic heterocycles. The van der Waals surface area contributed by atoms with E-state index in [4.69, 9.17) is 0 Å². The smallest absolute Gasteiger partial charge is 0.219 e. The highest BCUT2D eigenvalue weighted by atomic mass is 16.2. The molecule has 1 unspecified atom stereocenters. The molecule has 1 atom stereocenters. The van der Waals surface area contributed by atoms with Gasteiger partial charge in [-0.1, -0.05) is 0 Å². The first kappa shape index (κ1) is 11.5. The van der Waals surface area contributed by atoms with E-state index in [1.165, 1.54) is 6.42 Å². The summed E-state index contributed by atoms with van der Waals surface area (Å²) in [7, 11) is 1.97. The molecule has 1 rings (SSSR count). The van der Waals surface area contributed by atoms with E-state index in [0.717, 1.165) is 32.6 Å². The van der Waals surface area contributed by atoms with Gasteiger partial charge in [-0.25, -0.2) is 0 Å². The summed E-state index contributed by atoms with van der Waals surface area (Å²) in [6.45, 7) is 5.37. The fourth-order valence-corrected chi connectivity index (χ4v) is 1.83. The van der Waals surface area contributed by atoms with Gasteiger partial charge in [-0.2, -0.15) is 0 Å². The zero-order valence-electron chi connectivity index (χ0n) is 9.18. The molecule has 4 nitrogen and oxygen atoms in total. The van der Waals surface area contributed by atoms with Gasteiger partial charge >= 0.3 is 0 Å². The van der Waals surface area contributed by atoms with Gasteiger partial charge in [-0.15, -0.1) is 0 Å². The van der Waals surface area contributed by atoms with Gasteiger partial charge in [0.25, 0.3) is 0 Å². The minimum atomic E-state index is 0.199. The van der Waals surface area contributed by atoms with Crippen molar-refractivity contribution >= 4 is 5.91 Å². The van der Waals surface area contributed by atoms with E-state index in [1.54, 1.807) is 6.92 Å². The summed E-state index contributed by atoms with van der Waals surface area (Å²) >= 11 is 0. The van der Waals surface area contributed by atoms with Crippen LogP contribution in [-0.2, 0) is 4.79 Å². The zero-order valence-corrected chi connectivity index (χ0v) is 9.18. The quantitative estimate of drug-likeness (QED) is 0.617. The van der Waals surface area contributed by atoms with E-state index >= 15 is 0 Å². The van der Waals surface area contributed by atoms with Gasteiger partial charge in [-0.3, -0.25) is 4.79 Å². The Labute approximate surface area is 86.0 Å². The third-order valence-corrected chi connectivity index (χ3v) is 2.68. The summed E-state index contributed by atoms with van der Waals surface area (Å²) in [5.41, 5.74) is 0. The van der Waals surface area contributed by atoms with Crippen LogP contribution in [0.2, 0.25) is 0 Å². The van der Waals surface area contributed by atoms with Crippen molar-refractivity contribution in [1.29, 1.82) is 0 Å². The Kier molecular flexibility index (Phi) is 4.90. The van der Waals surface area contributed by atoms with Crippen LogP contribution in [0.1, 0.15) is 19.8 Å². The van der Waals surface area contributed by atoms with Gasteiger partial charge in [0.15, 0.2) is 0 Å². The molecule has 0 aromatic rings. The molecular weight excluding hydrogens is 178 g/mol. The van der Waals surface area contributed by atoms with Crippen molar-refractivity contribution in [2.45, 2.75) is 25.8 Å². The first-order valence-corrected chi connectivity index (χ1v) is 5.37. The molecule has 1 heterocycles. The molecule has 1 aliphatic rings. The largest absolute Gasteiger partial charge is 0.340 e. The van der Waals surface area contributed by atoms with Crippen LogP contribution in [0, 0.1) is 0 Å².